The molecule has 0 atom stereocenters. The zero-order valence-corrected chi connectivity index (χ0v) is 17.2. The summed E-state index contributed by atoms with van der Waals surface area (Å²) < 4.78 is 10.5. The van der Waals surface area contributed by atoms with Crippen molar-refractivity contribution in [2.75, 3.05) is 57.6 Å². The van der Waals surface area contributed by atoms with Gasteiger partial charge in [-0.05, 0) is 24.7 Å². The molecule has 4 rings (SSSR count). The average molecular weight is 410 g/mol. The molecule has 1 aliphatic rings. The monoisotopic (exact) mass is 410 g/mol. The number of likely N-dealkylation sites (N-methyl/N-ethyl adjacent to an activating group) is 1. The highest BCUT2D eigenvalue weighted by atomic mass is 16.5. The molecule has 0 saturated carbocycles. The van der Waals surface area contributed by atoms with Crippen LogP contribution in [-0.2, 0) is 16.0 Å². The number of nitrogens with zero attached hydrogens (tertiary/aromatic N) is 4. The predicted octanol–water partition coefficient (Wildman–Crippen LogP) is 1.43. The number of fused-ring (bicyclic) bond motifs is 1. The van der Waals surface area contributed by atoms with Gasteiger partial charge < -0.3 is 25.1 Å². The second kappa shape index (κ2) is 8.68. The molecule has 3 aromatic rings. The summed E-state index contributed by atoms with van der Waals surface area (Å²) in [4.78, 5) is 28.0. The van der Waals surface area contributed by atoms with E-state index in [1.807, 2.05) is 47.3 Å². The maximum atomic E-state index is 12.3. The van der Waals surface area contributed by atoms with Gasteiger partial charge in [-0.2, -0.15) is 9.97 Å². The Morgan fingerprint density at radius 1 is 1.17 bits per heavy atom. The van der Waals surface area contributed by atoms with Gasteiger partial charge in [-0.3, -0.25) is 9.69 Å². The molecule has 0 bridgehead atoms. The Kier molecular flexibility index (Phi) is 5.82. The van der Waals surface area contributed by atoms with Gasteiger partial charge in [0.25, 0.3) is 0 Å². The number of carbonyl (C=O) groups excluding carboxylic acids is 1. The summed E-state index contributed by atoms with van der Waals surface area (Å²) in [6.45, 7) is 2.84. The lowest BCUT2D eigenvalue weighted by Gasteiger charge is -2.32. The molecule has 1 fully saturated rings. The molecule has 2 aromatic heterocycles. The molecule has 1 aliphatic heterocycles. The Hall–Kier alpha value is -3.17. The molecule has 30 heavy (non-hydrogen) atoms. The average Bonchev–Trinajstić information content (AvgIpc) is 3.12. The summed E-state index contributed by atoms with van der Waals surface area (Å²) in [6.07, 6.45) is 2.57. The lowest BCUT2D eigenvalue weighted by Crippen LogP contribution is -2.48. The minimum absolute atomic E-state index is 0.126. The SMILES string of the molecule is COCCOc1nc(N)c2[nH]cc(Cc3ccc(N4CCN(C)CC4=O)cc3)c2n1. The number of ether oxygens (including phenoxy) is 2. The van der Waals surface area contributed by atoms with Crippen molar-refractivity contribution in [1.82, 2.24) is 19.9 Å². The minimum atomic E-state index is 0.126. The van der Waals surface area contributed by atoms with Gasteiger partial charge >= 0.3 is 6.01 Å². The van der Waals surface area contributed by atoms with Gasteiger partial charge in [0.2, 0.25) is 5.91 Å². The van der Waals surface area contributed by atoms with Gasteiger partial charge in [-0.1, -0.05) is 12.1 Å². The van der Waals surface area contributed by atoms with Crippen LogP contribution in [0.4, 0.5) is 11.5 Å². The fourth-order valence-electron chi connectivity index (χ4n) is 3.55. The van der Waals surface area contributed by atoms with Crippen molar-refractivity contribution in [3.05, 3.63) is 41.6 Å². The first kappa shape index (κ1) is 20.1. The third-order valence-corrected chi connectivity index (χ3v) is 5.18. The second-order valence-corrected chi connectivity index (χ2v) is 7.40. The van der Waals surface area contributed by atoms with Gasteiger partial charge in [0.15, 0.2) is 5.82 Å². The van der Waals surface area contributed by atoms with Gasteiger partial charge in [0, 0.05) is 44.1 Å². The third-order valence-electron chi connectivity index (χ3n) is 5.18. The number of benzene rings is 1. The number of nitrogens with one attached hydrogen (secondary N) is 1. The zero-order valence-electron chi connectivity index (χ0n) is 17.2. The van der Waals surface area contributed by atoms with E-state index in [1.54, 1.807) is 7.11 Å². The smallest absolute Gasteiger partial charge is 0.319 e. The van der Waals surface area contributed by atoms with E-state index in [2.05, 4.69) is 15.0 Å². The highest BCUT2D eigenvalue weighted by molar-refractivity contribution is 5.95. The number of nitrogen functional groups attached to an aromatic ring is 1. The fourth-order valence-corrected chi connectivity index (χ4v) is 3.55. The lowest BCUT2D eigenvalue weighted by molar-refractivity contribution is -0.120. The topological polar surface area (TPSA) is 110 Å². The Morgan fingerprint density at radius 2 is 1.97 bits per heavy atom. The maximum absolute atomic E-state index is 12.3. The third kappa shape index (κ3) is 4.22. The van der Waals surface area contributed by atoms with Crippen molar-refractivity contribution in [3.63, 3.8) is 0 Å². The largest absolute Gasteiger partial charge is 0.461 e. The number of aromatic amines is 1. The number of rotatable bonds is 7. The maximum Gasteiger partial charge on any atom is 0.319 e. The predicted molar refractivity (Wildman–Crippen MR) is 115 cm³/mol. The Bertz CT molecular complexity index is 1030. The molecule has 0 spiro atoms. The Morgan fingerprint density at radius 3 is 2.70 bits per heavy atom. The van der Waals surface area contributed by atoms with Crippen LogP contribution in [0.15, 0.2) is 30.5 Å². The molecule has 0 radical (unpaired) electrons. The van der Waals surface area contributed by atoms with Crippen LogP contribution in [0, 0.1) is 0 Å². The molecular formula is C21H26N6O3. The summed E-state index contributed by atoms with van der Waals surface area (Å²) >= 11 is 0. The molecule has 3 N–H and O–H groups in total. The standard InChI is InChI=1S/C21H26N6O3/c1-26-7-8-27(17(28)13-26)16-5-3-14(4-6-16)11-15-12-23-19-18(15)24-21(25-20(19)22)30-10-9-29-2/h3-6,12,23H,7-11,13H2,1-2H3,(H2,22,24,25). The van der Waals surface area contributed by atoms with Gasteiger partial charge in [-0.25, -0.2) is 0 Å². The van der Waals surface area contributed by atoms with E-state index >= 15 is 0 Å². The molecule has 3 heterocycles. The molecule has 9 heteroatoms. The Balaban J connectivity index is 1.52. The van der Waals surface area contributed by atoms with Crippen LogP contribution in [0.2, 0.25) is 0 Å². The van der Waals surface area contributed by atoms with E-state index in [1.165, 1.54) is 0 Å². The van der Waals surface area contributed by atoms with Crippen LogP contribution in [0.3, 0.4) is 0 Å². The van der Waals surface area contributed by atoms with Crippen LogP contribution in [0.1, 0.15) is 11.1 Å². The highest BCUT2D eigenvalue weighted by Crippen LogP contribution is 2.26. The number of amides is 1. The van der Waals surface area contributed by atoms with Crippen LogP contribution in [0.25, 0.3) is 11.0 Å². The number of hydrogen-bond donors (Lipinski definition) is 2. The first-order valence-corrected chi connectivity index (χ1v) is 9.88. The number of aromatic nitrogens is 3. The van der Waals surface area contributed by atoms with Crippen molar-refractivity contribution >= 4 is 28.4 Å². The Labute approximate surface area is 174 Å². The number of piperazine rings is 1. The van der Waals surface area contributed by atoms with E-state index < -0.39 is 0 Å². The van der Waals surface area contributed by atoms with Gasteiger partial charge in [0.05, 0.1) is 13.2 Å². The highest BCUT2D eigenvalue weighted by Gasteiger charge is 2.22. The van der Waals surface area contributed by atoms with Crippen LogP contribution >= 0.6 is 0 Å². The van der Waals surface area contributed by atoms with Crippen LogP contribution in [0.5, 0.6) is 6.01 Å². The molecular weight excluding hydrogens is 384 g/mol. The van der Waals surface area contributed by atoms with E-state index in [0.717, 1.165) is 28.9 Å². The minimum Gasteiger partial charge on any atom is -0.461 e. The van der Waals surface area contributed by atoms with Gasteiger partial charge in [0.1, 0.15) is 17.6 Å². The first-order chi connectivity index (χ1) is 14.5. The molecule has 1 aromatic carbocycles. The quantitative estimate of drug-likeness (QED) is 0.567. The number of nitrogens with two attached hydrogens (primary N) is 1. The van der Waals surface area contributed by atoms with E-state index in [0.29, 0.717) is 44.1 Å². The number of anilines is 2. The summed E-state index contributed by atoms with van der Waals surface area (Å²) in [5, 5.41) is 0. The molecule has 158 valence electrons. The van der Waals surface area contributed by atoms with Crippen molar-refractivity contribution in [2.45, 2.75) is 6.42 Å². The zero-order chi connectivity index (χ0) is 21.1. The van der Waals surface area contributed by atoms with Crippen molar-refractivity contribution in [1.29, 1.82) is 0 Å². The number of carbonyl (C=O) groups is 1. The molecule has 9 nitrogen and oxygen atoms in total. The fraction of sp³-hybridized carbons (Fsp3) is 0.381. The number of hydrogen-bond acceptors (Lipinski definition) is 7. The molecule has 1 amide bonds. The summed E-state index contributed by atoms with van der Waals surface area (Å²) in [5.74, 6) is 0.476. The normalized spacial score (nSPS) is 15.1. The lowest BCUT2D eigenvalue weighted by atomic mass is 10.1. The summed E-state index contributed by atoms with van der Waals surface area (Å²) in [5.41, 5.74) is 10.5. The van der Waals surface area contributed by atoms with Gasteiger partial charge in [-0.15, -0.1) is 0 Å². The molecule has 0 aliphatic carbocycles. The molecule has 0 unspecified atom stereocenters. The summed E-state index contributed by atoms with van der Waals surface area (Å²) in [7, 11) is 3.57. The van der Waals surface area contributed by atoms with E-state index in [4.69, 9.17) is 15.2 Å². The second-order valence-electron chi connectivity index (χ2n) is 7.40. The molecule has 1 saturated heterocycles. The van der Waals surface area contributed by atoms with E-state index in [-0.39, 0.29) is 11.9 Å². The van der Waals surface area contributed by atoms with Crippen LogP contribution < -0.4 is 15.4 Å². The van der Waals surface area contributed by atoms with E-state index in [9.17, 15) is 4.79 Å². The number of methoxy groups -OCH3 is 1. The van der Waals surface area contributed by atoms with Crippen LogP contribution in [-0.4, -0.2) is 72.8 Å². The van der Waals surface area contributed by atoms with Crippen molar-refractivity contribution in [3.8, 4) is 6.01 Å². The number of H-pyrrole nitrogens is 1. The van der Waals surface area contributed by atoms with Crippen molar-refractivity contribution in [2.24, 2.45) is 0 Å². The summed E-state index contributed by atoms with van der Waals surface area (Å²) in [6, 6.07) is 8.31. The van der Waals surface area contributed by atoms with Crippen molar-refractivity contribution < 1.29 is 14.3 Å². The first-order valence-electron chi connectivity index (χ1n) is 9.88.